The lowest BCUT2D eigenvalue weighted by Crippen LogP contribution is -2.62. The lowest BCUT2D eigenvalue weighted by atomic mass is 9.98. The lowest BCUT2D eigenvalue weighted by Gasteiger charge is -2.44. The van der Waals surface area contributed by atoms with Crippen LogP contribution in [0.4, 0.5) is 0 Å². The molecule has 0 aromatic heterocycles. The van der Waals surface area contributed by atoms with Crippen molar-refractivity contribution in [3.63, 3.8) is 0 Å². The van der Waals surface area contributed by atoms with Gasteiger partial charge in [0.2, 0.25) is 0 Å². The van der Waals surface area contributed by atoms with Crippen LogP contribution in [-0.4, -0.2) is 75.7 Å². The summed E-state index contributed by atoms with van der Waals surface area (Å²) in [6.07, 6.45) is -5.62. The normalized spacial score (nSPS) is 21.6. The number of carbonyl (C=O) groups is 3. The van der Waals surface area contributed by atoms with Gasteiger partial charge >= 0.3 is 17.9 Å². The zero-order valence-electron chi connectivity index (χ0n) is 25.1. The molecule has 234 valence electrons. The van der Waals surface area contributed by atoms with Gasteiger partial charge in [0.25, 0.3) is 0 Å². The molecule has 0 aliphatic carbocycles. The Kier molecular flexibility index (Phi) is 11.7. The molecule has 3 aromatic rings. The van der Waals surface area contributed by atoms with E-state index in [4.69, 9.17) is 28.4 Å². The van der Waals surface area contributed by atoms with Gasteiger partial charge in [-0.15, -0.1) is 0 Å². The van der Waals surface area contributed by atoms with E-state index < -0.39 is 56.7 Å². The SMILES string of the molecule is COc1ccc(C(=O)O[C@H]2[C@H](OC(=O)c3ccccc3)[C@@H](OC(=O)c3ccccc3)[C@H](OCC[Si](C)(C)C)O[C@@H]2CBr)cc1. The second kappa shape index (κ2) is 15.5. The number of hydrogen-bond donors (Lipinski definition) is 0. The minimum Gasteiger partial charge on any atom is -0.497 e. The topological polar surface area (TPSA) is 107 Å². The summed E-state index contributed by atoms with van der Waals surface area (Å²) in [4.78, 5) is 40.2. The first-order valence-corrected chi connectivity index (χ1v) is 19.1. The summed E-state index contributed by atoms with van der Waals surface area (Å²) in [6.45, 7) is 6.98. The third-order valence-electron chi connectivity index (χ3n) is 6.95. The van der Waals surface area contributed by atoms with Crippen LogP contribution >= 0.6 is 15.9 Å². The summed E-state index contributed by atoms with van der Waals surface area (Å²) in [6, 6.07) is 24.0. The molecule has 0 bridgehead atoms. The molecule has 9 nitrogen and oxygen atoms in total. The van der Waals surface area contributed by atoms with Gasteiger partial charge in [-0.25, -0.2) is 14.4 Å². The highest BCUT2D eigenvalue weighted by Crippen LogP contribution is 2.32. The predicted octanol–water partition coefficient (Wildman–Crippen LogP) is 6.15. The van der Waals surface area contributed by atoms with E-state index in [0.717, 1.165) is 6.04 Å². The maximum atomic E-state index is 13.4. The Morgan fingerprint density at radius 2 is 1.18 bits per heavy atom. The van der Waals surface area contributed by atoms with E-state index in [0.29, 0.717) is 12.4 Å². The van der Waals surface area contributed by atoms with Crippen LogP contribution < -0.4 is 4.74 Å². The zero-order valence-corrected chi connectivity index (χ0v) is 27.7. The summed E-state index contributed by atoms with van der Waals surface area (Å²) in [5.74, 6) is -1.46. The Balaban J connectivity index is 1.71. The number of alkyl halides is 1. The maximum absolute atomic E-state index is 13.4. The molecule has 1 saturated heterocycles. The molecule has 0 unspecified atom stereocenters. The van der Waals surface area contributed by atoms with Crippen molar-refractivity contribution in [2.75, 3.05) is 19.0 Å². The van der Waals surface area contributed by atoms with Crippen molar-refractivity contribution in [2.24, 2.45) is 0 Å². The van der Waals surface area contributed by atoms with Gasteiger partial charge in [-0.1, -0.05) is 72.0 Å². The Bertz CT molecular complexity index is 1380. The monoisotopic (exact) mass is 684 g/mol. The highest BCUT2D eigenvalue weighted by Gasteiger charge is 2.53. The molecule has 0 spiro atoms. The van der Waals surface area contributed by atoms with Crippen LogP contribution in [-0.2, 0) is 23.7 Å². The lowest BCUT2D eigenvalue weighted by molar-refractivity contribution is -0.288. The summed E-state index contributed by atoms with van der Waals surface area (Å²) >= 11 is 3.46. The van der Waals surface area contributed by atoms with Gasteiger partial charge < -0.3 is 28.4 Å². The van der Waals surface area contributed by atoms with Crippen LogP contribution in [0.15, 0.2) is 84.9 Å². The minimum atomic E-state index is -1.50. The van der Waals surface area contributed by atoms with Gasteiger partial charge in [0.15, 0.2) is 24.6 Å². The number of esters is 3. The molecule has 44 heavy (non-hydrogen) atoms. The second-order valence-corrected chi connectivity index (χ2v) is 17.7. The molecule has 4 rings (SSSR count). The van der Waals surface area contributed by atoms with Crippen LogP contribution in [0.2, 0.25) is 25.7 Å². The maximum Gasteiger partial charge on any atom is 0.338 e. The summed E-state index contributed by atoms with van der Waals surface area (Å²) in [7, 11) is 0.0239. The molecule has 1 aliphatic rings. The van der Waals surface area contributed by atoms with Crippen molar-refractivity contribution in [3.05, 3.63) is 102 Å². The van der Waals surface area contributed by atoms with E-state index in [1.807, 2.05) is 0 Å². The van der Waals surface area contributed by atoms with Crippen molar-refractivity contribution >= 4 is 41.9 Å². The van der Waals surface area contributed by atoms with Gasteiger partial charge in [-0.3, -0.25) is 0 Å². The molecule has 0 saturated carbocycles. The first-order chi connectivity index (χ1) is 21.1. The summed E-state index contributed by atoms with van der Waals surface area (Å²) < 4.78 is 35.7. The molecule has 3 aromatic carbocycles. The first-order valence-electron chi connectivity index (χ1n) is 14.3. The zero-order chi connectivity index (χ0) is 31.7. The van der Waals surface area contributed by atoms with E-state index in [-0.39, 0.29) is 22.0 Å². The van der Waals surface area contributed by atoms with Crippen molar-refractivity contribution in [2.45, 2.75) is 56.4 Å². The molecule has 11 heteroatoms. The number of methoxy groups -OCH3 is 1. The average molecular weight is 686 g/mol. The van der Waals surface area contributed by atoms with Crippen molar-refractivity contribution in [1.29, 1.82) is 0 Å². The molecule has 1 heterocycles. The van der Waals surface area contributed by atoms with Crippen molar-refractivity contribution in [3.8, 4) is 5.75 Å². The molecule has 1 aliphatic heterocycles. The Hall–Kier alpha value is -3.51. The third-order valence-corrected chi connectivity index (χ3v) is 9.29. The Morgan fingerprint density at radius 3 is 1.66 bits per heavy atom. The molecule has 0 amide bonds. The summed E-state index contributed by atoms with van der Waals surface area (Å²) in [5.41, 5.74) is 0.813. The van der Waals surface area contributed by atoms with Gasteiger partial charge in [0.1, 0.15) is 11.9 Å². The van der Waals surface area contributed by atoms with Gasteiger partial charge in [-0.05, 0) is 54.6 Å². The Morgan fingerprint density at radius 1 is 0.705 bits per heavy atom. The van der Waals surface area contributed by atoms with Crippen LogP contribution in [0.5, 0.6) is 5.75 Å². The van der Waals surface area contributed by atoms with Crippen LogP contribution in [0.25, 0.3) is 0 Å². The van der Waals surface area contributed by atoms with E-state index in [1.165, 1.54) is 7.11 Å². The van der Waals surface area contributed by atoms with Crippen LogP contribution in [0.3, 0.4) is 0 Å². The van der Waals surface area contributed by atoms with E-state index in [2.05, 4.69) is 35.6 Å². The van der Waals surface area contributed by atoms with E-state index in [9.17, 15) is 14.4 Å². The molecular weight excluding hydrogens is 648 g/mol. The minimum absolute atomic E-state index is 0.209. The van der Waals surface area contributed by atoms with Gasteiger partial charge in [-0.2, -0.15) is 0 Å². The Labute approximate surface area is 266 Å². The van der Waals surface area contributed by atoms with Crippen molar-refractivity contribution < 1.29 is 42.8 Å². The fourth-order valence-electron chi connectivity index (χ4n) is 4.47. The third kappa shape index (κ3) is 9.01. The van der Waals surface area contributed by atoms with Crippen molar-refractivity contribution in [1.82, 2.24) is 0 Å². The average Bonchev–Trinajstić information content (AvgIpc) is 3.03. The largest absolute Gasteiger partial charge is 0.497 e. The smallest absolute Gasteiger partial charge is 0.338 e. The molecule has 5 atom stereocenters. The quantitative estimate of drug-likeness (QED) is 0.0962. The van der Waals surface area contributed by atoms with Crippen LogP contribution in [0.1, 0.15) is 31.1 Å². The van der Waals surface area contributed by atoms with E-state index >= 15 is 0 Å². The highest BCUT2D eigenvalue weighted by molar-refractivity contribution is 9.09. The standard InChI is InChI=1S/C33H37BrO9Si/c1-38-25-17-15-24(16-18-25)32(37)41-27-26(21-34)40-33(39-19-20-44(2,3)4)29(43-31(36)23-13-9-6-10-14-23)28(27)42-30(35)22-11-7-5-8-12-22/h5-18,26-29,33H,19-21H2,1-4H3/t26-,27-,28+,29-,33-/m1/s1. The first kappa shape index (κ1) is 33.4. The van der Waals surface area contributed by atoms with Gasteiger partial charge in [0.05, 0.1) is 23.8 Å². The van der Waals surface area contributed by atoms with Gasteiger partial charge in [0, 0.05) is 20.0 Å². The number of carbonyl (C=O) groups excluding carboxylic acids is 3. The number of benzene rings is 3. The number of ether oxygens (including phenoxy) is 6. The predicted molar refractivity (Wildman–Crippen MR) is 170 cm³/mol. The molecular formula is C33H37BrO9Si. The fraction of sp³-hybridized carbons (Fsp3) is 0.364. The number of hydrogen-bond acceptors (Lipinski definition) is 9. The molecule has 0 N–H and O–H groups in total. The molecule has 0 radical (unpaired) electrons. The highest BCUT2D eigenvalue weighted by atomic mass is 79.9. The number of rotatable bonds is 12. The second-order valence-electron chi connectivity index (χ2n) is 11.4. The fourth-order valence-corrected chi connectivity index (χ4v) is 5.72. The summed E-state index contributed by atoms with van der Waals surface area (Å²) in [5, 5.41) is 0.209. The van der Waals surface area contributed by atoms with Crippen LogP contribution in [0, 0.1) is 0 Å². The van der Waals surface area contributed by atoms with E-state index in [1.54, 1.807) is 84.9 Å². The number of halogens is 1. The molecule has 1 fully saturated rings.